The molecule has 1 aromatic rings. The van der Waals surface area contributed by atoms with E-state index in [0.29, 0.717) is 6.42 Å². The van der Waals surface area contributed by atoms with Crippen LogP contribution >= 0.6 is 15.9 Å². The predicted octanol–water partition coefficient (Wildman–Crippen LogP) is 0.646. The third-order valence-electron chi connectivity index (χ3n) is 3.13. The molecule has 2 rings (SSSR count). The molecule has 6 nitrogen and oxygen atoms in total. The Balaban J connectivity index is 1.87. The second-order valence-electron chi connectivity index (χ2n) is 4.48. The summed E-state index contributed by atoms with van der Waals surface area (Å²) in [6, 6.07) is 7.62. The molecular weight excluding hydrogens is 326 g/mol. The number of hydrogen-bond acceptors (Lipinski definition) is 5. The average molecular weight is 342 g/mol. The molecule has 0 radical (unpaired) electrons. The summed E-state index contributed by atoms with van der Waals surface area (Å²) in [5, 5.41) is 2.53. The van der Waals surface area contributed by atoms with Gasteiger partial charge in [0, 0.05) is 10.5 Å². The molecule has 108 valence electrons. The standard InChI is InChI=1S/C13H16BrN3O3/c1-20-12(18)7-15-13(19)11-6-10(16-17-11)8-2-4-9(14)5-3-8/h2-5,10-11,16-17H,6-7H2,1H3,(H,15,19). The number of carbonyl (C=O) groups is 2. The normalized spacial score (nSPS) is 21.5. The van der Waals surface area contributed by atoms with Crippen LogP contribution in [0.4, 0.5) is 0 Å². The average Bonchev–Trinajstić information content (AvgIpc) is 2.95. The lowest BCUT2D eigenvalue weighted by atomic mass is 10.0. The molecule has 3 N–H and O–H groups in total. The SMILES string of the molecule is COC(=O)CNC(=O)C1CC(c2ccc(Br)cc2)NN1. The maximum absolute atomic E-state index is 11.9. The van der Waals surface area contributed by atoms with E-state index >= 15 is 0 Å². The van der Waals surface area contributed by atoms with E-state index in [1.807, 2.05) is 24.3 Å². The van der Waals surface area contributed by atoms with E-state index in [-0.39, 0.29) is 24.5 Å². The summed E-state index contributed by atoms with van der Waals surface area (Å²) in [5.41, 5.74) is 7.12. The van der Waals surface area contributed by atoms with Crippen LogP contribution in [0.25, 0.3) is 0 Å². The Morgan fingerprint density at radius 2 is 2.05 bits per heavy atom. The Bertz CT molecular complexity index is 492. The highest BCUT2D eigenvalue weighted by Crippen LogP contribution is 2.23. The topological polar surface area (TPSA) is 79.5 Å². The van der Waals surface area contributed by atoms with Crippen LogP contribution in [-0.4, -0.2) is 31.6 Å². The fraction of sp³-hybridized carbons (Fsp3) is 0.385. The third-order valence-corrected chi connectivity index (χ3v) is 3.66. The number of halogens is 1. The zero-order chi connectivity index (χ0) is 14.5. The number of ether oxygens (including phenoxy) is 1. The fourth-order valence-electron chi connectivity index (χ4n) is 2.00. The number of amides is 1. The summed E-state index contributed by atoms with van der Waals surface area (Å²) in [7, 11) is 1.29. The number of hydrazine groups is 1. The van der Waals surface area contributed by atoms with Gasteiger partial charge in [0.25, 0.3) is 0 Å². The lowest BCUT2D eigenvalue weighted by molar-refractivity contribution is -0.141. The van der Waals surface area contributed by atoms with Gasteiger partial charge in [-0.05, 0) is 24.1 Å². The molecule has 1 amide bonds. The molecule has 0 bridgehead atoms. The highest BCUT2D eigenvalue weighted by atomic mass is 79.9. The Morgan fingerprint density at radius 1 is 1.35 bits per heavy atom. The first-order valence-corrected chi connectivity index (χ1v) is 7.00. The van der Waals surface area contributed by atoms with E-state index in [4.69, 9.17) is 0 Å². The van der Waals surface area contributed by atoms with Crippen molar-refractivity contribution in [1.29, 1.82) is 0 Å². The minimum absolute atomic E-state index is 0.0666. The Labute approximate surface area is 125 Å². The first kappa shape index (κ1) is 15.0. The molecule has 0 saturated carbocycles. The molecule has 0 aromatic heterocycles. The van der Waals surface area contributed by atoms with Crippen molar-refractivity contribution in [1.82, 2.24) is 16.2 Å². The first-order valence-electron chi connectivity index (χ1n) is 6.21. The van der Waals surface area contributed by atoms with Gasteiger partial charge in [0.2, 0.25) is 5.91 Å². The molecular formula is C13H16BrN3O3. The van der Waals surface area contributed by atoms with Gasteiger partial charge in [-0.1, -0.05) is 28.1 Å². The van der Waals surface area contributed by atoms with Gasteiger partial charge in [0.1, 0.15) is 12.6 Å². The molecule has 1 saturated heterocycles. The molecule has 0 aliphatic carbocycles. The Hall–Kier alpha value is -1.44. The maximum Gasteiger partial charge on any atom is 0.325 e. The lowest BCUT2D eigenvalue weighted by Crippen LogP contribution is -2.44. The lowest BCUT2D eigenvalue weighted by Gasteiger charge is -2.10. The van der Waals surface area contributed by atoms with Gasteiger partial charge in [-0.25, -0.2) is 10.9 Å². The third kappa shape index (κ3) is 3.78. The Morgan fingerprint density at radius 3 is 2.70 bits per heavy atom. The number of methoxy groups -OCH3 is 1. The van der Waals surface area contributed by atoms with E-state index in [0.717, 1.165) is 10.0 Å². The van der Waals surface area contributed by atoms with E-state index in [2.05, 4.69) is 36.8 Å². The predicted molar refractivity (Wildman–Crippen MR) is 76.6 cm³/mol. The molecule has 7 heteroatoms. The largest absolute Gasteiger partial charge is 0.468 e. The van der Waals surface area contributed by atoms with Crippen LogP contribution in [0.1, 0.15) is 18.0 Å². The smallest absolute Gasteiger partial charge is 0.325 e. The van der Waals surface area contributed by atoms with Gasteiger partial charge in [-0.15, -0.1) is 0 Å². The van der Waals surface area contributed by atoms with Gasteiger partial charge in [0.15, 0.2) is 0 Å². The summed E-state index contributed by atoms with van der Waals surface area (Å²) in [6.07, 6.45) is 0.620. The van der Waals surface area contributed by atoms with Crippen molar-refractivity contribution < 1.29 is 14.3 Å². The summed E-state index contributed by atoms with van der Waals surface area (Å²) < 4.78 is 5.48. The minimum Gasteiger partial charge on any atom is -0.468 e. The number of benzene rings is 1. The fourth-order valence-corrected chi connectivity index (χ4v) is 2.26. The van der Waals surface area contributed by atoms with Crippen LogP contribution in [0.3, 0.4) is 0 Å². The molecule has 1 aromatic carbocycles. The van der Waals surface area contributed by atoms with Crippen molar-refractivity contribution in [2.24, 2.45) is 0 Å². The molecule has 0 spiro atoms. The van der Waals surface area contributed by atoms with Crippen LogP contribution in [0.2, 0.25) is 0 Å². The second kappa shape index (κ2) is 6.83. The number of esters is 1. The van der Waals surface area contributed by atoms with Crippen molar-refractivity contribution in [3.63, 3.8) is 0 Å². The van der Waals surface area contributed by atoms with E-state index in [1.165, 1.54) is 7.11 Å². The van der Waals surface area contributed by atoms with Gasteiger partial charge in [0.05, 0.1) is 7.11 Å². The monoisotopic (exact) mass is 341 g/mol. The van der Waals surface area contributed by atoms with Crippen molar-refractivity contribution in [3.8, 4) is 0 Å². The van der Waals surface area contributed by atoms with Crippen LogP contribution in [0, 0.1) is 0 Å². The minimum atomic E-state index is -0.464. The molecule has 1 aliphatic rings. The molecule has 1 heterocycles. The summed E-state index contributed by atoms with van der Waals surface area (Å²) in [4.78, 5) is 22.8. The summed E-state index contributed by atoms with van der Waals surface area (Å²) in [5.74, 6) is -0.684. The number of nitrogens with one attached hydrogen (secondary N) is 3. The van der Waals surface area contributed by atoms with Gasteiger partial charge < -0.3 is 10.1 Å². The zero-order valence-corrected chi connectivity index (χ0v) is 12.6. The molecule has 1 aliphatic heterocycles. The molecule has 2 atom stereocenters. The van der Waals surface area contributed by atoms with Crippen molar-refractivity contribution >= 4 is 27.8 Å². The zero-order valence-electron chi connectivity index (χ0n) is 11.0. The number of rotatable bonds is 4. The van der Waals surface area contributed by atoms with Gasteiger partial charge in [-0.2, -0.15) is 0 Å². The van der Waals surface area contributed by atoms with Gasteiger partial charge >= 0.3 is 5.97 Å². The van der Waals surface area contributed by atoms with Gasteiger partial charge in [-0.3, -0.25) is 9.59 Å². The number of carbonyl (C=O) groups excluding carboxylic acids is 2. The van der Waals surface area contributed by atoms with Crippen LogP contribution in [0.15, 0.2) is 28.7 Å². The van der Waals surface area contributed by atoms with Crippen molar-refractivity contribution in [3.05, 3.63) is 34.3 Å². The molecule has 20 heavy (non-hydrogen) atoms. The van der Waals surface area contributed by atoms with E-state index in [1.54, 1.807) is 0 Å². The maximum atomic E-state index is 11.9. The van der Waals surface area contributed by atoms with Crippen LogP contribution in [0.5, 0.6) is 0 Å². The number of hydrogen-bond donors (Lipinski definition) is 3. The van der Waals surface area contributed by atoms with E-state index < -0.39 is 5.97 Å². The highest BCUT2D eigenvalue weighted by molar-refractivity contribution is 9.10. The van der Waals surface area contributed by atoms with Crippen LogP contribution in [-0.2, 0) is 14.3 Å². The second-order valence-corrected chi connectivity index (χ2v) is 5.39. The molecule has 1 fully saturated rings. The van der Waals surface area contributed by atoms with Crippen molar-refractivity contribution in [2.45, 2.75) is 18.5 Å². The summed E-state index contributed by atoms with van der Waals surface area (Å²) >= 11 is 3.39. The van der Waals surface area contributed by atoms with E-state index in [9.17, 15) is 9.59 Å². The quantitative estimate of drug-likeness (QED) is 0.700. The Kier molecular flexibility index (Phi) is 5.11. The van der Waals surface area contributed by atoms with Crippen molar-refractivity contribution in [2.75, 3.05) is 13.7 Å². The highest BCUT2D eigenvalue weighted by Gasteiger charge is 2.30. The first-order chi connectivity index (χ1) is 9.60. The molecule has 2 unspecified atom stereocenters. The summed E-state index contributed by atoms with van der Waals surface area (Å²) in [6.45, 7) is -0.115. The van der Waals surface area contributed by atoms with Crippen LogP contribution < -0.4 is 16.2 Å².